The summed E-state index contributed by atoms with van der Waals surface area (Å²) in [6.45, 7) is 2.28. The molecule has 4 nitrogen and oxygen atoms in total. The zero-order valence-corrected chi connectivity index (χ0v) is 9.78. The van der Waals surface area contributed by atoms with Crippen molar-refractivity contribution in [3.8, 4) is 0 Å². The van der Waals surface area contributed by atoms with Crippen molar-refractivity contribution in [3.63, 3.8) is 0 Å². The highest BCUT2D eigenvalue weighted by molar-refractivity contribution is 5.83. The van der Waals surface area contributed by atoms with Crippen molar-refractivity contribution < 1.29 is 15.0 Å². The Morgan fingerprint density at radius 3 is 2.29 bits per heavy atom. The van der Waals surface area contributed by atoms with Crippen molar-refractivity contribution in [1.29, 1.82) is 0 Å². The molecular formula is C13H17NO3. The molecule has 1 unspecified atom stereocenters. The van der Waals surface area contributed by atoms with Crippen molar-refractivity contribution in [2.45, 2.75) is 25.0 Å². The second-order valence-electron chi connectivity index (χ2n) is 4.51. The van der Waals surface area contributed by atoms with Crippen molar-refractivity contribution in [2.75, 3.05) is 13.1 Å². The number of nitrogens with zero attached hydrogens (tertiary/aromatic N) is 1. The molecule has 0 aliphatic carbocycles. The van der Waals surface area contributed by atoms with Crippen LogP contribution in [0.1, 0.15) is 18.4 Å². The number of carbonyl (C=O) groups is 1. The Labute approximate surface area is 100 Å². The molecule has 4 heteroatoms. The van der Waals surface area contributed by atoms with Crippen LogP contribution in [0, 0.1) is 0 Å². The molecule has 2 rings (SSSR count). The van der Waals surface area contributed by atoms with E-state index in [0.29, 0.717) is 0 Å². The van der Waals surface area contributed by atoms with Gasteiger partial charge < -0.3 is 15.1 Å². The molecule has 1 amide bonds. The van der Waals surface area contributed by atoms with Crippen LogP contribution in [0.25, 0.3) is 0 Å². The minimum Gasteiger partial charge on any atom is -0.388 e. The standard InChI is InChI=1S/C13H17NO3/c1-9(10-5-3-2-4-6-10)13(17)14-7-11(15)12(16)8-14/h2-6,9,11-12,15-16H,7-8H2,1H3/t9?,11-,12+. The van der Waals surface area contributed by atoms with Gasteiger partial charge in [-0.2, -0.15) is 0 Å². The number of carbonyl (C=O) groups excluding carboxylic acids is 1. The summed E-state index contributed by atoms with van der Waals surface area (Å²) in [5.41, 5.74) is 0.952. The van der Waals surface area contributed by atoms with E-state index in [1.54, 1.807) is 0 Å². The number of hydrogen-bond acceptors (Lipinski definition) is 3. The quantitative estimate of drug-likeness (QED) is 0.777. The Balaban J connectivity index is 2.06. The molecule has 1 aliphatic rings. The van der Waals surface area contributed by atoms with E-state index in [9.17, 15) is 15.0 Å². The van der Waals surface area contributed by atoms with E-state index in [1.807, 2.05) is 37.3 Å². The van der Waals surface area contributed by atoms with E-state index in [-0.39, 0.29) is 24.9 Å². The molecule has 17 heavy (non-hydrogen) atoms. The fraction of sp³-hybridized carbons (Fsp3) is 0.462. The summed E-state index contributed by atoms with van der Waals surface area (Å²) < 4.78 is 0. The van der Waals surface area contributed by atoms with Crippen molar-refractivity contribution in [2.24, 2.45) is 0 Å². The summed E-state index contributed by atoms with van der Waals surface area (Å²) in [6, 6.07) is 9.51. The third-order valence-corrected chi connectivity index (χ3v) is 3.24. The van der Waals surface area contributed by atoms with E-state index in [1.165, 1.54) is 4.90 Å². The average Bonchev–Trinajstić information content (AvgIpc) is 2.69. The van der Waals surface area contributed by atoms with Gasteiger partial charge in [-0.1, -0.05) is 30.3 Å². The van der Waals surface area contributed by atoms with Gasteiger partial charge in [-0.25, -0.2) is 0 Å². The van der Waals surface area contributed by atoms with Crippen LogP contribution in [-0.2, 0) is 4.79 Å². The lowest BCUT2D eigenvalue weighted by Crippen LogP contribution is -2.33. The summed E-state index contributed by atoms with van der Waals surface area (Å²) in [4.78, 5) is 13.7. The maximum atomic E-state index is 12.1. The van der Waals surface area contributed by atoms with Crippen molar-refractivity contribution >= 4 is 5.91 Å². The molecule has 1 saturated heterocycles. The Bertz CT molecular complexity index is 383. The fourth-order valence-electron chi connectivity index (χ4n) is 2.11. The van der Waals surface area contributed by atoms with Gasteiger partial charge in [-0.15, -0.1) is 0 Å². The van der Waals surface area contributed by atoms with E-state index < -0.39 is 12.2 Å². The van der Waals surface area contributed by atoms with Gasteiger partial charge in [0.05, 0.1) is 18.1 Å². The molecule has 1 fully saturated rings. The lowest BCUT2D eigenvalue weighted by molar-refractivity contribution is -0.131. The first-order chi connectivity index (χ1) is 8.09. The predicted molar refractivity (Wildman–Crippen MR) is 63.5 cm³/mol. The monoisotopic (exact) mass is 235 g/mol. The maximum absolute atomic E-state index is 12.1. The number of β-amino-alcohol motifs (C(OH)–C–C–N with tert-alkyl or cyclic N) is 2. The van der Waals surface area contributed by atoms with Crippen LogP contribution in [0.15, 0.2) is 30.3 Å². The van der Waals surface area contributed by atoms with Crippen LogP contribution < -0.4 is 0 Å². The van der Waals surface area contributed by atoms with Gasteiger partial charge in [0.1, 0.15) is 0 Å². The number of rotatable bonds is 2. The normalized spacial score (nSPS) is 25.9. The second-order valence-corrected chi connectivity index (χ2v) is 4.51. The fourth-order valence-corrected chi connectivity index (χ4v) is 2.11. The van der Waals surface area contributed by atoms with E-state index in [4.69, 9.17) is 0 Å². The molecule has 0 aromatic heterocycles. The van der Waals surface area contributed by atoms with Crippen LogP contribution in [-0.4, -0.2) is 46.3 Å². The topological polar surface area (TPSA) is 60.8 Å². The number of hydrogen-bond donors (Lipinski definition) is 2. The zero-order chi connectivity index (χ0) is 12.4. The van der Waals surface area contributed by atoms with Crippen LogP contribution in [0.2, 0.25) is 0 Å². The zero-order valence-electron chi connectivity index (χ0n) is 9.78. The van der Waals surface area contributed by atoms with Gasteiger partial charge >= 0.3 is 0 Å². The summed E-state index contributed by atoms with van der Waals surface area (Å²) in [5, 5.41) is 18.9. The van der Waals surface area contributed by atoms with E-state index in [0.717, 1.165) is 5.56 Å². The van der Waals surface area contributed by atoms with Crippen molar-refractivity contribution in [3.05, 3.63) is 35.9 Å². The number of aliphatic hydroxyl groups is 2. The third kappa shape index (κ3) is 2.48. The Morgan fingerprint density at radius 1 is 1.24 bits per heavy atom. The average molecular weight is 235 g/mol. The van der Waals surface area contributed by atoms with Gasteiger partial charge in [-0.3, -0.25) is 4.79 Å². The molecule has 3 atom stereocenters. The highest BCUT2D eigenvalue weighted by atomic mass is 16.3. The molecule has 0 saturated carbocycles. The number of benzene rings is 1. The summed E-state index contributed by atoms with van der Waals surface area (Å²) in [6.07, 6.45) is -1.64. The molecule has 2 N–H and O–H groups in total. The van der Waals surface area contributed by atoms with Crippen LogP contribution in [0.3, 0.4) is 0 Å². The first-order valence-electron chi connectivity index (χ1n) is 5.79. The Hall–Kier alpha value is -1.39. The SMILES string of the molecule is CC(C(=O)N1C[C@@H](O)[C@@H](O)C1)c1ccccc1. The predicted octanol–water partition coefficient (Wildman–Crippen LogP) is 0.354. The first-order valence-corrected chi connectivity index (χ1v) is 5.79. The lowest BCUT2D eigenvalue weighted by Gasteiger charge is -2.20. The molecule has 0 radical (unpaired) electrons. The highest BCUT2D eigenvalue weighted by Crippen LogP contribution is 2.20. The van der Waals surface area contributed by atoms with Gasteiger partial charge in [0.2, 0.25) is 5.91 Å². The molecule has 1 aromatic rings. The Morgan fingerprint density at radius 2 is 1.76 bits per heavy atom. The first kappa shape index (κ1) is 12.1. The lowest BCUT2D eigenvalue weighted by atomic mass is 10.00. The van der Waals surface area contributed by atoms with Crippen LogP contribution in [0.5, 0.6) is 0 Å². The maximum Gasteiger partial charge on any atom is 0.230 e. The van der Waals surface area contributed by atoms with Crippen molar-refractivity contribution in [1.82, 2.24) is 4.90 Å². The smallest absolute Gasteiger partial charge is 0.230 e. The van der Waals surface area contributed by atoms with E-state index in [2.05, 4.69) is 0 Å². The van der Waals surface area contributed by atoms with Gasteiger partial charge in [-0.05, 0) is 12.5 Å². The number of aliphatic hydroxyl groups excluding tert-OH is 2. The van der Waals surface area contributed by atoms with E-state index >= 15 is 0 Å². The van der Waals surface area contributed by atoms with Gasteiger partial charge in [0.15, 0.2) is 0 Å². The third-order valence-electron chi connectivity index (χ3n) is 3.24. The number of amides is 1. The molecule has 0 spiro atoms. The molecule has 92 valence electrons. The minimum atomic E-state index is -0.818. The number of likely N-dealkylation sites (tertiary alicyclic amines) is 1. The highest BCUT2D eigenvalue weighted by Gasteiger charge is 2.34. The summed E-state index contributed by atoms with van der Waals surface area (Å²) >= 11 is 0. The molecule has 1 aliphatic heterocycles. The minimum absolute atomic E-state index is 0.0493. The Kier molecular flexibility index (Phi) is 3.45. The molecule has 1 aromatic carbocycles. The van der Waals surface area contributed by atoms with Crippen LogP contribution >= 0.6 is 0 Å². The second kappa shape index (κ2) is 4.85. The molecule has 0 bridgehead atoms. The summed E-state index contributed by atoms with van der Waals surface area (Å²) in [5.74, 6) is -0.291. The summed E-state index contributed by atoms with van der Waals surface area (Å²) in [7, 11) is 0. The molecule has 1 heterocycles. The van der Waals surface area contributed by atoms with Gasteiger partial charge in [0, 0.05) is 13.1 Å². The van der Waals surface area contributed by atoms with Gasteiger partial charge in [0.25, 0.3) is 0 Å². The van der Waals surface area contributed by atoms with Crippen LogP contribution in [0.4, 0.5) is 0 Å². The molecular weight excluding hydrogens is 218 g/mol. The largest absolute Gasteiger partial charge is 0.388 e.